The van der Waals surface area contributed by atoms with Gasteiger partial charge in [0.25, 0.3) is 0 Å². The van der Waals surface area contributed by atoms with E-state index < -0.39 is 0 Å². The standard InChI is InChI=1S/C11H17BrN2S/c1-7(2)14-6-5-8(13)11(14)9-3-4-10(12)15-9/h3-4,7-8,11H,5-6,13H2,1-2H3. The highest BCUT2D eigenvalue weighted by atomic mass is 79.9. The molecular weight excluding hydrogens is 272 g/mol. The molecule has 1 saturated heterocycles. The highest BCUT2D eigenvalue weighted by molar-refractivity contribution is 9.11. The van der Waals surface area contributed by atoms with Gasteiger partial charge in [-0.05, 0) is 48.3 Å². The number of hydrogen-bond acceptors (Lipinski definition) is 3. The van der Waals surface area contributed by atoms with Gasteiger partial charge >= 0.3 is 0 Å². The van der Waals surface area contributed by atoms with Crippen molar-refractivity contribution in [2.45, 2.75) is 38.4 Å². The lowest BCUT2D eigenvalue weighted by Gasteiger charge is -2.29. The highest BCUT2D eigenvalue weighted by Crippen LogP contribution is 2.37. The zero-order valence-electron chi connectivity index (χ0n) is 9.11. The fraction of sp³-hybridized carbons (Fsp3) is 0.636. The molecule has 0 aliphatic carbocycles. The predicted octanol–water partition coefficient (Wildman–Crippen LogP) is 2.99. The Morgan fingerprint density at radius 2 is 2.27 bits per heavy atom. The van der Waals surface area contributed by atoms with E-state index in [1.165, 1.54) is 8.66 Å². The second kappa shape index (κ2) is 4.53. The fourth-order valence-electron chi connectivity index (χ4n) is 2.28. The van der Waals surface area contributed by atoms with Crippen LogP contribution in [0.15, 0.2) is 15.9 Å². The first-order valence-corrected chi connectivity index (χ1v) is 6.97. The van der Waals surface area contributed by atoms with Gasteiger partial charge in [0, 0.05) is 23.5 Å². The number of thiophene rings is 1. The minimum Gasteiger partial charge on any atom is -0.326 e. The van der Waals surface area contributed by atoms with Crippen LogP contribution >= 0.6 is 27.3 Å². The van der Waals surface area contributed by atoms with E-state index in [-0.39, 0.29) is 6.04 Å². The van der Waals surface area contributed by atoms with Crippen LogP contribution in [0.25, 0.3) is 0 Å². The van der Waals surface area contributed by atoms with E-state index in [0.29, 0.717) is 12.1 Å². The topological polar surface area (TPSA) is 29.3 Å². The molecule has 0 radical (unpaired) electrons. The van der Waals surface area contributed by atoms with Gasteiger partial charge in [0.2, 0.25) is 0 Å². The van der Waals surface area contributed by atoms with Crippen molar-refractivity contribution in [1.82, 2.24) is 4.90 Å². The van der Waals surface area contributed by atoms with Gasteiger partial charge in [-0.2, -0.15) is 0 Å². The van der Waals surface area contributed by atoms with Crippen LogP contribution in [0.3, 0.4) is 0 Å². The van der Waals surface area contributed by atoms with Crippen LogP contribution in [-0.2, 0) is 0 Å². The monoisotopic (exact) mass is 288 g/mol. The third kappa shape index (κ3) is 2.28. The Hall–Kier alpha value is 0.1000. The Balaban J connectivity index is 2.24. The van der Waals surface area contributed by atoms with E-state index in [0.717, 1.165) is 13.0 Å². The van der Waals surface area contributed by atoms with Gasteiger partial charge in [0.05, 0.1) is 9.83 Å². The van der Waals surface area contributed by atoms with E-state index in [4.69, 9.17) is 5.73 Å². The summed E-state index contributed by atoms with van der Waals surface area (Å²) in [6, 6.07) is 5.59. The van der Waals surface area contributed by atoms with Crippen LogP contribution in [-0.4, -0.2) is 23.5 Å². The van der Waals surface area contributed by atoms with E-state index in [9.17, 15) is 0 Å². The number of nitrogens with zero attached hydrogens (tertiary/aromatic N) is 1. The lowest BCUT2D eigenvalue weighted by atomic mass is 10.1. The summed E-state index contributed by atoms with van der Waals surface area (Å²) in [6.45, 7) is 5.61. The third-order valence-electron chi connectivity index (χ3n) is 3.03. The van der Waals surface area contributed by atoms with Crippen molar-refractivity contribution in [2.75, 3.05) is 6.54 Å². The summed E-state index contributed by atoms with van der Waals surface area (Å²) in [7, 11) is 0. The Labute approximate surface area is 104 Å². The summed E-state index contributed by atoms with van der Waals surface area (Å²) in [5.41, 5.74) is 6.20. The van der Waals surface area contributed by atoms with Crippen LogP contribution in [0.2, 0.25) is 0 Å². The molecule has 84 valence electrons. The molecule has 2 nitrogen and oxygen atoms in total. The van der Waals surface area contributed by atoms with E-state index >= 15 is 0 Å². The van der Waals surface area contributed by atoms with Crippen molar-refractivity contribution in [3.8, 4) is 0 Å². The van der Waals surface area contributed by atoms with Crippen LogP contribution in [0.5, 0.6) is 0 Å². The molecule has 0 saturated carbocycles. The highest BCUT2D eigenvalue weighted by Gasteiger charge is 2.35. The first kappa shape index (κ1) is 11.6. The molecule has 0 amide bonds. The van der Waals surface area contributed by atoms with Crippen molar-refractivity contribution in [3.63, 3.8) is 0 Å². The van der Waals surface area contributed by atoms with Gasteiger partial charge in [0.15, 0.2) is 0 Å². The molecule has 2 atom stereocenters. The third-order valence-corrected chi connectivity index (χ3v) is 4.73. The Kier molecular flexibility index (Phi) is 3.50. The molecule has 2 rings (SSSR count). The normalized spacial score (nSPS) is 27.8. The van der Waals surface area contributed by atoms with Crippen molar-refractivity contribution < 1.29 is 0 Å². The molecular formula is C11H17BrN2S. The number of halogens is 1. The maximum Gasteiger partial charge on any atom is 0.0702 e. The lowest BCUT2D eigenvalue weighted by Crippen LogP contribution is -2.35. The molecule has 1 aromatic heterocycles. The number of likely N-dealkylation sites (tertiary alicyclic amines) is 1. The Morgan fingerprint density at radius 1 is 1.53 bits per heavy atom. The first-order valence-electron chi connectivity index (χ1n) is 5.36. The molecule has 1 fully saturated rings. The van der Waals surface area contributed by atoms with Crippen LogP contribution < -0.4 is 5.73 Å². The van der Waals surface area contributed by atoms with E-state index in [1.54, 1.807) is 11.3 Å². The average Bonchev–Trinajstić information content (AvgIpc) is 2.71. The molecule has 1 aliphatic heterocycles. The molecule has 4 heteroatoms. The molecule has 0 bridgehead atoms. The van der Waals surface area contributed by atoms with Crippen LogP contribution in [0, 0.1) is 0 Å². The molecule has 15 heavy (non-hydrogen) atoms. The summed E-state index contributed by atoms with van der Waals surface area (Å²) < 4.78 is 1.19. The second-order valence-corrected chi connectivity index (χ2v) is 6.87. The van der Waals surface area contributed by atoms with Crippen LogP contribution in [0.4, 0.5) is 0 Å². The molecule has 0 spiro atoms. The molecule has 2 N–H and O–H groups in total. The fourth-order valence-corrected chi connectivity index (χ4v) is 3.90. The van der Waals surface area contributed by atoms with Gasteiger partial charge in [-0.15, -0.1) is 11.3 Å². The van der Waals surface area contributed by atoms with Gasteiger partial charge in [-0.1, -0.05) is 0 Å². The predicted molar refractivity (Wildman–Crippen MR) is 69.2 cm³/mol. The van der Waals surface area contributed by atoms with Gasteiger partial charge in [-0.25, -0.2) is 0 Å². The number of rotatable bonds is 2. The SMILES string of the molecule is CC(C)N1CCC(N)C1c1ccc(Br)s1. The maximum absolute atomic E-state index is 6.20. The van der Waals surface area contributed by atoms with Crippen molar-refractivity contribution in [3.05, 3.63) is 20.8 Å². The smallest absolute Gasteiger partial charge is 0.0702 e. The summed E-state index contributed by atoms with van der Waals surface area (Å²) in [5.74, 6) is 0. The zero-order chi connectivity index (χ0) is 11.0. The maximum atomic E-state index is 6.20. The molecule has 1 aliphatic rings. The molecule has 2 heterocycles. The minimum absolute atomic E-state index is 0.290. The van der Waals surface area contributed by atoms with Gasteiger partial charge in [0.1, 0.15) is 0 Å². The summed E-state index contributed by atoms with van der Waals surface area (Å²) in [5, 5.41) is 0. The molecule has 0 aromatic carbocycles. The summed E-state index contributed by atoms with van der Waals surface area (Å²) in [4.78, 5) is 3.89. The summed E-state index contributed by atoms with van der Waals surface area (Å²) in [6.07, 6.45) is 1.11. The van der Waals surface area contributed by atoms with Crippen LogP contribution in [0.1, 0.15) is 31.2 Å². The quantitative estimate of drug-likeness (QED) is 0.907. The van der Waals surface area contributed by atoms with E-state index in [2.05, 4.69) is 46.8 Å². The average molecular weight is 289 g/mol. The lowest BCUT2D eigenvalue weighted by molar-refractivity contribution is 0.201. The zero-order valence-corrected chi connectivity index (χ0v) is 11.5. The van der Waals surface area contributed by atoms with E-state index in [1.807, 2.05) is 0 Å². The molecule has 1 aromatic rings. The summed E-state index contributed by atoms with van der Waals surface area (Å²) >= 11 is 5.32. The van der Waals surface area contributed by atoms with Crippen molar-refractivity contribution in [2.24, 2.45) is 5.73 Å². The van der Waals surface area contributed by atoms with Gasteiger partial charge < -0.3 is 5.73 Å². The van der Waals surface area contributed by atoms with Crippen molar-refractivity contribution >= 4 is 27.3 Å². The van der Waals surface area contributed by atoms with Gasteiger partial charge in [-0.3, -0.25) is 4.90 Å². The first-order chi connectivity index (χ1) is 7.09. The number of hydrogen-bond donors (Lipinski definition) is 1. The van der Waals surface area contributed by atoms with Crippen molar-refractivity contribution in [1.29, 1.82) is 0 Å². The minimum atomic E-state index is 0.290. The number of nitrogens with two attached hydrogens (primary N) is 1. The molecule has 2 unspecified atom stereocenters. The second-order valence-electron chi connectivity index (χ2n) is 4.37. The Bertz CT molecular complexity index is 337. The largest absolute Gasteiger partial charge is 0.326 e. The Morgan fingerprint density at radius 3 is 2.80 bits per heavy atom.